The second kappa shape index (κ2) is 8.01. The second-order valence-electron chi connectivity index (χ2n) is 5.79. The summed E-state index contributed by atoms with van der Waals surface area (Å²) in [5.41, 5.74) is 0.585. The van der Waals surface area contributed by atoms with E-state index in [1.54, 1.807) is 25.0 Å². The van der Waals surface area contributed by atoms with Crippen molar-refractivity contribution >= 4 is 11.9 Å². The zero-order valence-electron chi connectivity index (χ0n) is 14.0. The highest BCUT2D eigenvalue weighted by Crippen LogP contribution is 2.16. The molecule has 1 aromatic heterocycles. The number of ether oxygens (including phenoxy) is 1. The molecule has 2 N–H and O–H groups in total. The van der Waals surface area contributed by atoms with Crippen molar-refractivity contribution in [3.63, 3.8) is 0 Å². The van der Waals surface area contributed by atoms with Crippen molar-refractivity contribution in [3.05, 3.63) is 23.2 Å². The van der Waals surface area contributed by atoms with Crippen LogP contribution in [0.1, 0.15) is 34.7 Å². The third-order valence-corrected chi connectivity index (χ3v) is 3.99. The highest BCUT2D eigenvalue weighted by Gasteiger charge is 2.25. The first-order chi connectivity index (χ1) is 11.0. The third kappa shape index (κ3) is 4.72. The molecule has 2 rings (SSSR count). The normalized spacial score (nSPS) is 15.5. The Hall–Kier alpha value is -2.02. The van der Waals surface area contributed by atoms with Gasteiger partial charge in [0, 0.05) is 32.8 Å². The number of piperidine rings is 1. The van der Waals surface area contributed by atoms with Gasteiger partial charge >= 0.3 is 6.03 Å². The molecule has 128 valence electrons. The number of nitrogens with zero attached hydrogens (tertiary/aromatic N) is 1. The maximum atomic E-state index is 12.3. The number of nitrogens with one attached hydrogen (secondary N) is 2. The Kier molecular flexibility index (Phi) is 6.04. The van der Waals surface area contributed by atoms with Crippen LogP contribution < -0.4 is 10.6 Å². The Morgan fingerprint density at radius 2 is 2.04 bits per heavy atom. The lowest BCUT2D eigenvalue weighted by Crippen LogP contribution is -2.49. The van der Waals surface area contributed by atoms with E-state index in [0.29, 0.717) is 37.6 Å². The van der Waals surface area contributed by atoms with Crippen molar-refractivity contribution in [3.8, 4) is 0 Å². The molecule has 0 spiro atoms. The summed E-state index contributed by atoms with van der Waals surface area (Å²) in [5.74, 6) is 1.26. The fourth-order valence-corrected chi connectivity index (χ4v) is 2.72. The summed E-state index contributed by atoms with van der Waals surface area (Å²) >= 11 is 0. The first-order valence-electron chi connectivity index (χ1n) is 7.91. The molecule has 1 saturated heterocycles. The molecular weight excluding hydrogens is 298 g/mol. The number of urea groups is 1. The summed E-state index contributed by atoms with van der Waals surface area (Å²) in [6.45, 7) is 5.88. The van der Waals surface area contributed by atoms with E-state index in [2.05, 4.69) is 10.6 Å². The molecule has 1 aliphatic heterocycles. The van der Waals surface area contributed by atoms with Crippen LogP contribution in [0.5, 0.6) is 0 Å². The standard InChI is InChI=1S/C16H25N3O4/c1-11-10-14(12(2)23-11)15(20)18-13-4-7-19(8-5-13)16(21)17-6-9-22-3/h10,13H,4-9H2,1-3H3,(H,17,21)(H,18,20). The quantitative estimate of drug-likeness (QED) is 0.803. The minimum atomic E-state index is -0.109. The van der Waals surface area contributed by atoms with Crippen molar-refractivity contribution in [2.45, 2.75) is 32.7 Å². The minimum Gasteiger partial charge on any atom is -0.466 e. The summed E-state index contributed by atoms with van der Waals surface area (Å²) in [6, 6.07) is 1.76. The smallest absolute Gasteiger partial charge is 0.317 e. The average Bonchev–Trinajstić information content (AvgIpc) is 2.87. The Balaban J connectivity index is 1.77. The van der Waals surface area contributed by atoms with Gasteiger partial charge in [0.1, 0.15) is 11.5 Å². The number of rotatable bonds is 5. The maximum Gasteiger partial charge on any atom is 0.317 e. The van der Waals surface area contributed by atoms with Gasteiger partial charge in [-0.05, 0) is 32.8 Å². The molecular formula is C16H25N3O4. The molecule has 0 atom stereocenters. The van der Waals surface area contributed by atoms with Crippen molar-refractivity contribution in [2.24, 2.45) is 0 Å². The highest BCUT2D eigenvalue weighted by molar-refractivity contribution is 5.95. The molecule has 3 amide bonds. The molecule has 0 aromatic carbocycles. The molecule has 2 heterocycles. The SMILES string of the molecule is COCCNC(=O)N1CCC(NC(=O)c2cc(C)oc2C)CC1. The Labute approximate surface area is 136 Å². The average molecular weight is 323 g/mol. The molecule has 0 radical (unpaired) electrons. The van der Waals surface area contributed by atoms with Gasteiger partial charge in [-0.25, -0.2) is 4.79 Å². The van der Waals surface area contributed by atoms with Crippen molar-refractivity contribution in [2.75, 3.05) is 33.4 Å². The van der Waals surface area contributed by atoms with Gasteiger partial charge in [0.05, 0.1) is 12.2 Å². The van der Waals surface area contributed by atoms with Crippen LogP contribution in [-0.4, -0.2) is 56.2 Å². The summed E-state index contributed by atoms with van der Waals surface area (Å²) in [7, 11) is 1.60. The molecule has 0 unspecified atom stereocenters. The Morgan fingerprint density at radius 3 is 2.61 bits per heavy atom. The molecule has 0 saturated carbocycles. The Morgan fingerprint density at radius 1 is 1.35 bits per heavy atom. The fourth-order valence-electron chi connectivity index (χ4n) is 2.72. The minimum absolute atomic E-state index is 0.0758. The molecule has 1 fully saturated rings. The van der Waals surface area contributed by atoms with Crippen LogP contribution in [0, 0.1) is 13.8 Å². The molecule has 23 heavy (non-hydrogen) atoms. The number of hydrogen-bond donors (Lipinski definition) is 2. The number of aryl methyl sites for hydroxylation is 2. The van der Waals surface area contributed by atoms with E-state index in [0.717, 1.165) is 18.6 Å². The van der Waals surface area contributed by atoms with Gasteiger partial charge in [0.2, 0.25) is 0 Å². The molecule has 0 aliphatic carbocycles. The Bertz CT molecular complexity index is 548. The van der Waals surface area contributed by atoms with E-state index in [1.807, 2.05) is 6.92 Å². The predicted molar refractivity (Wildman–Crippen MR) is 85.5 cm³/mol. The van der Waals surface area contributed by atoms with Gasteiger partial charge in [-0.1, -0.05) is 0 Å². The van der Waals surface area contributed by atoms with Crippen LogP contribution in [-0.2, 0) is 4.74 Å². The largest absolute Gasteiger partial charge is 0.466 e. The van der Waals surface area contributed by atoms with Crippen LogP contribution in [0.2, 0.25) is 0 Å². The van der Waals surface area contributed by atoms with Gasteiger partial charge in [0.25, 0.3) is 5.91 Å². The van der Waals surface area contributed by atoms with Crippen molar-refractivity contribution in [1.29, 1.82) is 0 Å². The highest BCUT2D eigenvalue weighted by atomic mass is 16.5. The number of furan rings is 1. The van der Waals surface area contributed by atoms with E-state index >= 15 is 0 Å². The van der Waals surface area contributed by atoms with Gasteiger partial charge in [-0.15, -0.1) is 0 Å². The van der Waals surface area contributed by atoms with Crippen LogP contribution in [0.25, 0.3) is 0 Å². The van der Waals surface area contributed by atoms with Gasteiger partial charge < -0.3 is 24.7 Å². The van der Waals surface area contributed by atoms with Gasteiger partial charge in [-0.3, -0.25) is 4.79 Å². The topological polar surface area (TPSA) is 83.8 Å². The summed E-state index contributed by atoms with van der Waals surface area (Å²) in [6.07, 6.45) is 1.50. The van der Waals surface area contributed by atoms with Crippen LogP contribution in [0.15, 0.2) is 10.5 Å². The van der Waals surface area contributed by atoms with E-state index in [9.17, 15) is 9.59 Å². The summed E-state index contributed by atoms with van der Waals surface area (Å²) < 4.78 is 10.3. The lowest BCUT2D eigenvalue weighted by Gasteiger charge is -2.32. The third-order valence-electron chi connectivity index (χ3n) is 3.99. The van der Waals surface area contributed by atoms with Gasteiger partial charge in [0.15, 0.2) is 0 Å². The van der Waals surface area contributed by atoms with E-state index in [4.69, 9.17) is 9.15 Å². The molecule has 0 bridgehead atoms. The fraction of sp³-hybridized carbons (Fsp3) is 0.625. The van der Waals surface area contributed by atoms with Crippen LogP contribution in [0.3, 0.4) is 0 Å². The molecule has 7 nitrogen and oxygen atoms in total. The van der Waals surface area contributed by atoms with Crippen LogP contribution in [0.4, 0.5) is 4.79 Å². The molecule has 1 aliphatic rings. The monoisotopic (exact) mass is 323 g/mol. The lowest BCUT2D eigenvalue weighted by molar-refractivity contribution is 0.0916. The van der Waals surface area contributed by atoms with Gasteiger partial charge in [-0.2, -0.15) is 0 Å². The lowest BCUT2D eigenvalue weighted by atomic mass is 10.0. The van der Waals surface area contributed by atoms with Crippen molar-refractivity contribution in [1.82, 2.24) is 15.5 Å². The second-order valence-corrected chi connectivity index (χ2v) is 5.79. The maximum absolute atomic E-state index is 12.3. The van der Waals surface area contributed by atoms with E-state index in [-0.39, 0.29) is 18.0 Å². The number of carbonyl (C=O) groups is 2. The number of amides is 3. The zero-order chi connectivity index (χ0) is 16.8. The molecule has 7 heteroatoms. The number of carbonyl (C=O) groups excluding carboxylic acids is 2. The summed E-state index contributed by atoms with van der Waals surface area (Å²) in [4.78, 5) is 26.0. The summed E-state index contributed by atoms with van der Waals surface area (Å²) in [5, 5.41) is 5.83. The zero-order valence-corrected chi connectivity index (χ0v) is 14.0. The number of hydrogen-bond acceptors (Lipinski definition) is 4. The number of likely N-dealkylation sites (tertiary alicyclic amines) is 1. The van der Waals surface area contributed by atoms with E-state index < -0.39 is 0 Å². The van der Waals surface area contributed by atoms with Crippen molar-refractivity contribution < 1.29 is 18.7 Å². The van der Waals surface area contributed by atoms with Crippen LogP contribution >= 0.6 is 0 Å². The predicted octanol–water partition coefficient (Wildman–Crippen LogP) is 1.45. The first-order valence-corrected chi connectivity index (χ1v) is 7.91. The number of methoxy groups -OCH3 is 1. The molecule has 1 aromatic rings. The van der Waals surface area contributed by atoms with E-state index in [1.165, 1.54) is 0 Å². The first kappa shape index (κ1) is 17.3.